The van der Waals surface area contributed by atoms with Crippen LogP contribution in [0.5, 0.6) is 0 Å². The maximum absolute atomic E-state index is 12.6. The lowest BCUT2D eigenvalue weighted by Crippen LogP contribution is -2.53. The Labute approximate surface area is 172 Å². The van der Waals surface area contributed by atoms with Gasteiger partial charge in [0.05, 0.1) is 10.4 Å². The molecule has 1 unspecified atom stereocenters. The van der Waals surface area contributed by atoms with Crippen molar-refractivity contribution in [3.05, 3.63) is 51.3 Å². The summed E-state index contributed by atoms with van der Waals surface area (Å²) in [7, 11) is -3.56. The van der Waals surface area contributed by atoms with Gasteiger partial charge in [-0.2, -0.15) is 4.31 Å². The summed E-state index contributed by atoms with van der Waals surface area (Å²) < 4.78 is 27.3. The zero-order valence-corrected chi connectivity index (χ0v) is 17.7. The molecule has 1 fully saturated rings. The van der Waals surface area contributed by atoms with E-state index in [0.717, 1.165) is 16.9 Å². The van der Waals surface area contributed by atoms with E-state index in [1.165, 1.54) is 10.4 Å². The zero-order valence-electron chi connectivity index (χ0n) is 14.6. The average Bonchev–Trinajstić information content (AvgIpc) is 3.09. The predicted octanol–water partition coefficient (Wildman–Crippen LogP) is 3.83. The molecule has 0 spiro atoms. The number of carbonyl (C=O) groups excluding carboxylic acids is 1. The van der Waals surface area contributed by atoms with E-state index in [0.29, 0.717) is 22.4 Å². The summed E-state index contributed by atoms with van der Waals surface area (Å²) in [6.45, 7) is 3.05. The maximum Gasteiger partial charge on any atom is 0.317 e. The van der Waals surface area contributed by atoms with Gasteiger partial charge >= 0.3 is 6.03 Å². The van der Waals surface area contributed by atoms with Crippen LogP contribution < -0.4 is 5.32 Å². The van der Waals surface area contributed by atoms with E-state index in [1.807, 2.05) is 19.1 Å². The number of nitrogens with zero attached hydrogens (tertiary/aromatic N) is 2. The SMILES string of the molecule is CC(NC(=O)N1CCN(S(=O)(=O)c2ccc(Cl)s2)CC1)c1ccc(Cl)cc1. The summed E-state index contributed by atoms with van der Waals surface area (Å²) in [4.78, 5) is 14.1. The molecule has 146 valence electrons. The van der Waals surface area contributed by atoms with E-state index >= 15 is 0 Å². The predicted molar refractivity (Wildman–Crippen MR) is 108 cm³/mol. The minimum atomic E-state index is -3.56. The van der Waals surface area contributed by atoms with Crippen LogP contribution in [0.25, 0.3) is 0 Å². The van der Waals surface area contributed by atoms with Crippen molar-refractivity contribution >= 4 is 50.6 Å². The zero-order chi connectivity index (χ0) is 19.6. The van der Waals surface area contributed by atoms with E-state index in [-0.39, 0.29) is 29.4 Å². The van der Waals surface area contributed by atoms with Crippen molar-refractivity contribution in [2.45, 2.75) is 17.2 Å². The molecule has 2 heterocycles. The van der Waals surface area contributed by atoms with Gasteiger partial charge in [0.1, 0.15) is 4.21 Å². The summed E-state index contributed by atoms with van der Waals surface area (Å²) in [5.41, 5.74) is 0.948. The van der Waals surface area contributed by atoms with Gasteiger partial charge in [-0.1, -0.05) is 35.3 Å². The van der Waals surface area contributed by atoms with Crippen LogP contribution in [-0.4, -0.2) is 49.8 Å². The highest BCUT2D eigenvalue weighted by molar-refractivity contribution is 7.91. The number of rotatable bonds is 4. The highest BCUT2D eigenvalue weighted by atomic mass is 35.5. The fraction of sp³-hybridized carbons (Fsp3) is 0.353. The monoisotopic (exact) mass is 447 g/mol. The highest BCUT2D eigenvalue weighted by Gasteiger charge is 2.31. The molecule has 2 amide bonds. The standard InChI is InChI=1S/C17H19Cl2N3O3S2/c1-12(13-2-4-14(18)5-3-13)20-17(23)21-8-10-22(11-9-21)27(24,25)16-7-6-15(19)26-16/h2-7,12H,8-11H2,1H3,(H,20,23). The van der Waals surface area contributed by atoms with Crippen LogP contribution in [0.4, 0.5) is 4.79 Å². The number of amides is 2. The van der Waals surface area contributed by atoms with Gasteiger partial charge in [-0.25, -0.2) is 13.2 Å². The van der Waals surface area contributed by atoms with Crippen LogP contribution in [0.3, 0.4) is 0 Å². The first-order valence-electron chi connectivity index (χ1n) is 8.34. The van der Waals surface area contributed by atoms with Crippen LogP contribution in [0, 0.1) is 0 Å². The Balaban J connectivity index is 1.57. The van der Waals surface area contributed by atoms with E-state index < -0.39 is 10.0 Å². The average molecular weight is 448 g/mol. The molecular formula is C17H19Cl2N3O3S2. The number of nitrogens with one attached hydrogen (secondary N) is 1. The van der Waals surface area contributed by atoms with Gasteiger partial charge < -0.3 is 10.2 Å². The van der Waals surface area contributed by atoms with Crippen molar-refractivity contribution in [1.29, 1.82) is 0 Å². The minimum Gasteiger partial charge on any atom is -0.331 e. The van der Waals surface area contributed by atoms with Crippen molar-refractivity contribution in [2.75, 3.05) is 26.2 Å². The first-order valence-corrected chi connectivity index (χ1v) is 11.3. The van der Waals surface area contributed by atoms with Gasteiger partial charge in [0.25, 0.3) is 10.0 Å². The topological polar surface area (TPSA) is 69.7 Å². The number of piperazine rings is 1. The van der Waals surface area contributed by atoms with Crippen molar-refractivity contribution in [3.63, 3.8) is 0 Å². The molecule has 0 saturated carbocycles. The molecule has 1 N–H and O–H groups in total. The smallest absolute Gasteiger partial charge is 0.317 e. The molecule has 1 saturated heterocycles. The van der Waals surface area contributed by atoms with Gasteiger partial charge in [-0.05, 0) is 36.8 Å². The molecule has 1 aromatic heterocycles. The van der Waals surface area contributed by atoms with Crippen molar-refractivity contribution in [2.24, 2.45) is 0 Å². The third-order valence-corrected chi connectivity index (χ3v) is 8.23. The van der Waals surface area contributed by atoms with Crippen LogP contribution in [0.2, 0.25) is 9.36 Å². The van der Waals surface area contributed by atoms with E-state index in [1.54, 1.807) is 23.1 Å². The van der Waals surface area contributed by atoms with Gasteiger partial charge in [-0.15, -0.1) is 11.3 Å². The molecule has 1 aromatic carbocycles. The van der Waals surface area contributed by atoms with Gasteiger partial charge in [0.2, 0.25) is 0 Å². The number of urea groups is 1. The molecular weight excluding hydrogens is 429 g/mol. The first-order chi connectivity index (χ1) is 12.8. The Hall–Kier alpha value is -1.32. The lowest BCUT2D eigenvalue weighted by molar-refractivity contribution is 0.169. The number of benzene rings is 1. The van der Waals surface area contributed by atoms with Crippen LogP contribution in [0.1, 0.15) is 18.5 Å². The summed E-state index contributed by atoms with van der Waals surface area (Å²) in [6, 6.07) is 9.97. The van der Waals surface area contributed by atoms with Gasteiger partial charge in [0, 0.05) is 31.2 Å². The Morgan fingerprint density at radius 3 is 2.26 bits per heavy atom. The fourth-order valence-corrected chi connectivity index (χ4v) is 5.99. The normalized spacial score (nSPS) is 16.9. The second-order valence-electron chi connectivity index (χ2n) is 6.17. The Morgan fingerprint density at radius 2 is 1.70 bits per heavy atom. The van der Waals surface area contributed by atoms with E-state index in [2.05, 4.69) is 5.32 Å². The largest absolute Gasteiger partial charge is 0.331 e. The third-order valence-electron chi connectivity index (χ3n) is 4.38. The third kappa shape index (κ3) is 4.75. The molecule has 0 radical (unpaired) electrons. The number of hydrogen-bond acceptors (Lipinski definition) is 4. The molecule has 10 heteroatoms. The molecule has 0 bridgehead atoms. The van der Waals surface area contributed by atoms with Crippen LogP contribution >= 0.6 is 34.5 Å². The quantitative estimate of drug-likeness (QED) is 0.773. The molecule has 1 aliphatic heterocycles. The number of sulfonamides is 1. The van der Waals surface area contributed by atoms with Crippen LogP contribution in [0.15, 0.2) is 40.6 Å². The van der Waals surface area contributed by atoms with Gasteiger partial charge in [-0.3, -0.25) is 0 Å². The molecule has 1 atom stereocenters. The van der Waals surface area contributed by atoms with Crippen molar-refractivity contribution < 1.29 is 13.2 Å². The Kier molecular flexibility index (Phi) is 6.32. The summed E-state index contributed by atoms with van der Waals surface area (Å²) in [5.74, 6) is 0. The lowest BCUT2D eigenvalue weighted by Gasteiger charge is -2.34. The highest BCUT2D eigenvalue weighted by Crippen LogP contribution is 2.28. The number of hydrogen-bond donors (Lipinski definition) is 1. The van der Waals surface area contributed by atoms with Gasteiger partial charge in [0.15, 0.2) is 0 Å². The minimum absolute atomic E-state index is 0.176. The number of thiophene rings is 1. The summed E-state index contributed by atoms with van der Waals surface area (Å²) in [5, 5.41) is 3.57. The van der Waals surface area contributed by atoms with E-state index in [4.69, 9.17) is 23.2 Å². The molecule has 1 aliphatic rings. The Morgan fingerprint density at radius 1 is 1.07 bits per heavy atom. The molecule has 27 heavy (non-hydrogen) atoms. The second-order valence-corrected chi connectivity index (χ2v) is 10.5. The molecule has 3 rings (SSSR count). The lowest BCUT2D eigenvalue weighted by atomic mass is 10.1. The number of carbonyl (C=O) groups is 1. The Bertz CT molecular complexity index is 908. The van der Waals surface area contributed by atoms with E-state index in [9.17, 15) is 13.2 Å². The summed E-state index contributed by atoms with van der Waals surface area (Å²) >= 11 is 12.8. The van der Waals surface area contributed by atoms with Crippen molar-refractivity contribution in [3.8, 4) is 0 Å². The maximum atomic E-state index is 12.6. The first kappa shape index (κ1) is 20.4. The molecule has 0 aliphatic carbocycles. The van der Waals surface area contributed by atoms with Crippen molar-refractivity contribution in [1.82, 2.24) is 14.5 Å². The second kappa shape index (κ2) is 8.36. The molecule has 6 nitrogen and oxygen atoms in total. The summed E-state index contributed by atoms with van der Waals surface area (Å²) in [6.07, 6.45) is 0. The molecule has 2 aromatic rings. The van der Waals surface area contributed by atoms with Crippen LogP contribution in [-0.2, 0) is 10.0 Å². The number of halogens is 2. The fourth-order valence-electron chi connectivity index (χ4n) is 2.81.